The van der Waals surface area contributed by atoms with E-state index in [-0.39, 0.29) is 11.2 Å². The van der Waals surface area contributed by atoms with Crippen molar-refractivity contribution in [3.8, 4) is 0 Å². The van der Waals surface area contributed by atoms with E-state index in [9.17, 15) is 0 Å². The first-order chi connectivity index (χ1) is 8.34. The van der Waals surface area contributed by atoms with Gasteiger partial charge in [-0.05, 0) is 33.9 Å². The maximum absolute atomic E-state index is 7.44. The molecule has 0 amide bonds. The molecule has 0 aliphatic carbocycles. The number of hydrogen-bond donors (Lipinski definition) is 2. The topological polar surface area (TPSA) is 63.6 Å². The molecular formula is C12H23BN2O3. The fourth-order valence-corrected chi connectivity index (χ4v) is 1.51. The molecule has 1 aliphatic rings. The Bertz CT molecular complexity index is 313. The summed E-state index contributed by atoms with van der Waals surface area (Å²) in [6.45, 7) is 9.28. The van der Waals surface area contributed by atoms with E-state index in [1.54, 1.807) is 13.3 Å². The molecule has 1 heterocycles. The Labute approximate surface area is 110 Å². The average molecular weight is 254 g/mol. The van der Waals surface area contributed by atoms with Crippen molar-refractivity contribution >= 4 is 13.3 Å². The van der Waals surface area contributed by atoms with E-state index >= 15 is 0 Å². The predicted molar refractivity (Wildman–Crippen MR) is 72.8 cm³/mol. The van der Waals surface area contributed by atoms with Crippen LogP contribution in [0.25, 0.3) is 0 Å². The van der Waals surface area contributed by atoms with Gasteiger partial charge < -0.3 is 24.8 Å². The highest BCUT2D eigenvalue weighted by Gasteiger charge is 2.52. The molecule has 1 saturated heterocycles. The highest BCUT2D eigenvalue weighted by atomic mass is 16.7. The van der Waals surface area contributed by atoms with Crippen LogP contribution >= 0.6 is 0 Å². The lowest BCUT2D eigenvalue weighted by atomic mass is 9.79. The average Bonchev–Trinajstić information content (AvgIpc) is 2.48. The van der Waals surface area contributed by atoms with Crippen molar-refractivity contribution in [2.45, 2.75) is 38.9 Å². The molecule has 2 N–H and O–H groups in total. The molecule has 0 bridgehead atoms. The molecule has 0 unspecified atom stereocenters. The first kappa shape index (κ1) is 15.2. The first-order valence-electron chi connectivity index (χ1n) is 6.12. The summed E-state index contributed by atoms with van der Waals surface area (Å²) < 4.78 is 16.7. The molecule has 5 nitrogen and oxygen atoms in total. The lowest BCUT2D eigenvalue weighted by Gasteiger charge is -2.32. The van der Waals surface area contributed by atoms with E-state index < -0.39 is 7.12 Å². The second-order valence-corrected chi connectivity index (χ2v) is 5.32. The summed E-state index contributed by atoms with van der Waals surface area (Å²) in [5.74, 6) is 0. The fourth-order valence-electron chi connectivity index (χ4n) is 1.51. The van der Waals surface area contributed by atoms with Crippen molar-refractivity contribution < 1.29 is 14.0 Å². The van der Waals surface area contributed by atoms with Crippen LogP contribution in [0.15, 0.2) is 11.7 Å². The van der Waals surface area contributed by atoms with Gasteiger partial charge in [-0.25, -0.2) is 0 Å². The van der Waals surface area contributed by atoms with Crippen molar-refractivity contribution in [3.05, 3.63) is 11.7 Å². The van der Waals surface area contributed by atoms with Crippen molar-refractivity contribution in [3.63, 3.8) is 0 Å². The summed E-state index contributed by atoms with van der Waals surface area (Å²) in [6, 6.07) is 0. The molecule has 0 aromatic carbocycles. The van der Waals surface area contributed by atoms with Crippen LogP contribution in [0.4, 0.5) is 0 Å². The van der Waals surface area contributed by atoms with Gasteiger partial charge in [0, 0.05) is 25.3 Å². The Balaban J connectivity index is 2.66. The summed E-state index contributed by atoms with van der Waals surface area (Å²) in [4.78, 5) is 0. The maximum atomic E-state index is 7.44. The zero-order chi connectivity index (χ0) is 13.8. The quantitative estimate of drug-likeness (QED) is 0.427. The molecule has 0 radical (unpaired) electrons. The minimum Gasteiger partial charge on any atom is -0.399 e. The Hall–Kier alpha value is -0.845. The summed E-state index contributed by atoms with van der Waals surface area (Å²) in [6.07, 6.45) is 3.00. The second-order valence-electron chi connectivity index (χ2n) is 5.32. The SMILES string of the molecule is COCCN/C=C(\C=N)B1OC(C)(C)C(C)(C)O1. The number of rotatable bonds is 6. The smallest absolute Gasteiger partial charge is 0.399 e. The molecule has 6 heteroatoms. The van der Waals surface area contributed by atoms with E-state index in [2.05, 4.69) is 5.32 Å². The predicted octanol–water partition coefficient (Wildman–Crippen LogP) is 1.39. The van der Waals surface area contributed by atoms with Gasteiger partial charge in [0.25, 0.3) is 0 Å². The zero-order valence-corrected chi connectivity index (χ0v) is 11.9. The van der Waals surface area contributed by atoms with Gasteiger partial charge in [-0.1, -0.05) is 0 Å². The molecule has 1 rings (SSSR count). The number of methoxy groups -OCH3 is 1. The molecule has 0 spiro atoms. The minimum atomic E-state index is -0.498. The minimum absolute atomic E-state index is 0.383. The summed E-state index contributed by atoms with van der Waals surface area (Å²) in [5.41, 5.74) is -0.0942. The molecule has 18 heavy (non-hydrogen) atoms. The molecule has 102 valence electrons. The van der Waals surface area contributed by atoms with Gasteiger partial charge in [0.05, 0.1) is 17.8 Å². The Kier molecular flexibility index (Phi) is 4.96. The first-order valence-corrected chi connectivity index (χ1v) is 6.12. The van der Waals surface area contributed by atoms with Gasteiger partial charge in [-0.2, -0.15) is 0 Å². The molecule has 1 aliphatic heterocycles. The number of nitrogens with one attached hydrogen (secondary N) is 2. The zero-order valence-electron chi connectivity index (χ0n) is 11.9. The van der Waals surface area contributed by atoms with Crippen LogP contribution in [0.5, 0.6) is 0 Å². The van der Waals surface area contributed by atoms with E-state index in [4.69, 9.17) is 19.5 Å². The van der Waals surface area contributed by atoms with Crippen molar-refractivity contribution in [2.24, 2.45) is 0 Å². The van der Waals surface area contributed by atoms with Gasteiger partial charge in [0.1, 0.15) is 0 Å². The summed E-state index contributed by atoms with van der Waals surface area (Å²) >= 11 is 0. The van der Waals surface area contributed by atoms with Crippen LogP contribution in [-0.4, -0.2) is 44.8 Å². The van der Waals surface area contributed by atoms with Crippen LogP contribution in [0.1, 0.15) is 27.7 Å². The molecular weight excluding hydrogens is 231 g/mol. The lowest BCUT2D eigenvalue weighted by molar-refractivity contribution is 0.00578. The van der Waals surface area contributed by atoms with Gasteiger partial charge in [-0.15, -0.1) is 0 Å². The number of hydrogen-bond acceptors (Lipinski definition) is 5. The Morgan fingerprint density at radius 1 is 1.28 bits per heavy atom. The standard InChI is InChI=1S/C12H23BN2O3/c1-11(2)12(3,4)18-13(17-11)10(8-14)9-15-6-7-16-5/h8-9,14-15H,6-7H2,1-5H3/b10-9+,14-8?. The van der Waals surface area contributed by atoms with Crippen LogP contribution in [0, 0.1) is 5.41 Å². The van der Waals surface area contributed by atoms with Gasteiger partial charge >= 0.3 is 7.12 Å². The van der Waals surface area contributed by atoms with Crippen LogP contribution < -0.4 is 5.32 Å². The van der Waals surface area contributed by atoms with Crippen molar-refractivity contribution in [1.82, 2.24) is 5.32 Å². The van der Waals surface area contributed by atoms with Crippen LogP contribution in [0.2, 0.25) is 0 Å². The highest BCUT2D eigenvalue weighted by Crippen LogP contribution is 2.38. The van der Waals surface area contributed by atoms with Crippen molar-refractivity contribution in [2.75, 3.05) is 20.3 Å². The summed E-state index contributed by atoms with van der Waals surface area (Å²) in [5, 5.41) is 10.5. The second kappa shape index (κ2) is 5.86. The monoisotopic (exact) mass is 254 g/mol. The fraction of sp³-hybridized carbons (Fsp3) is 0.750. The van der Waals surface area contributed by atoms with Crippen LogP contribution in [0.3, 0.4) is 0 Å². The third-order valence-corrected chi connectivity index (χ3v) is 3.41. The third-order valence-electron chi connectivity index (χ3n) is 3.41. The maximum Gasteiger partial charge on any atom is 0.497 e. The van der Waals surface area contributed by atoms with E-state index in [1.807, 2.05) is 27.7 Å². The van der Waals surface area contributed by atoms with E-state index in [0.29, 0.717) is 18.6 Å². The van der Waals surface area contributed by atoms with Gasteiger partial charge in [0.2, 0.25) is 0 Å². The third kappa shape index (κ3) is 3.34. The Morgan fingerprint density at radius 3 is 2.28 bits per heavy atom. The molecule has 0 aromatic rings. The van der Waals surface area contributed by atoms with Gasteiger partial charge in [0.15, 0.2) is 0 Å². The van der Waals surface area contributed by atoms with Gasteiger partial charge in [-0.3, -0.25) is 0 Å². The largest absolute Gasteiger partial charge is 0.497 e. The number of allylic oxidation sites excluding steroid dienone is 1. The van der Waals surface area contributed by atoms with E-state index in [0.717, 1.165) is 0 Å². The van der Waals surface area contributed by atoms with Crippen LogP contribution in [-0.2, 0) is 14.0 Å². The highest BCUT2D eigenvalue weighted by molar-refractivity contribution is 6.60. The lowest BCUT2D eigenvalue weighted by Crippen LogP contribution is -2.41. The molecule has 0 atom stereocenters. The molecule has 0 saturated carbocycles. The summed E-state index contributed by atoms with van der Waals surface area (Å²) in [7, 11) is 1.15. The molecule has 1 fully saturated rings. The molecule has 0 aromatic heterocycles. The Morgan fingerprint density at radius 2 is 1.83 bits per heavy atom. The normalized spacial score (nSPS) is 22.1. The van der Waals surface area contributed by atoms with E-state index in [1.165, 1.54) is 6.21 Å². The van der Waals surface area contributed by atoms with Crippen molar-refractivity contribution in [1.29, 1.82) is 5.41 Å². The number of ether oxygens (including phenoxy) is 1.